The Balaban J connectivity index is 1.65. The van der Waals surface area contributed by atoms with Crippen molar-refractivity contribution in [3.63, 3.8) is 0 Å². The lowest BCUT2D eigenvalue weighted by molar-refractivity contribution is 0.248. The van der Waals surface area contributed by atoms with Gasteiger partial charge in [-0.25, -0.2) is 14.5 Å². The number of rotatable bonds is 7. The molecule has 2 heterocycles. The summed E-state index contributed by atoms with van der Waals surface area (Å²) in [6.07, 6.45) is 3.14. The Bertz CT molecular complexity index is 903. The highest BCUT2D eigenvalue weighted by molar-refractivity contribution is 5.90. The maximum absolute atomic E-state index is 12.4. The van der Waals surface area contributed by atoms with Crippen LogP contribution in [0.15, 0.2) is 35.1 Å². The van der Waals surface area contributed by atoms with Gasteiger partial charge in [-0.05, 0) is 31.5 Å². The van der Waals surface area contributed by atoms with E-state index in [1.54, 1.807) is 16.8 Å². The van der Waals surface area contributed by atoms with E-state index in [4.69, 9.17) is 4.52 Å². The van der Waals surface area contributed by atoms with Gasteiger partial charge in [-0.1, -0.05) is 25.1 Å². The van der Waals surface area contributed by atoms with Crippen molar-refractivity contribution in [3.05, 3.63) is 42.2 Å². The monoisotopic (exact) mass is 369 g/mol. The first-order valence-electron chi connectivity index (χ1n) is 8.99. The highest BCUT2D eigenvalue weighted by Gasteiger charge is 2.16. The number of aryl methyl sites for hydroxylation is 2. The maximum Gasteiger partial charge on any atom is 0.319 e. The van der Waals surface area contributed by atoms with E-state index in [9.17, 15) is 4.79 Å². The number of nitrogens with one attached hydrogen (secondary N) is 2. The van der Waals surface area contributed by atoms with Gasteiger partial charge in [0.1, 0.15) is 12.2 Å². The number of nitrogens with zero attached hydrogens (tertiary/aromatic N) is 5. The predicted octanol–water partition coefficient (Wildman–Crippen LogP) is 3.18. The van der Waals surface area contributed by atoms with E-state index in [-0.39, 0.29) is 12.1 Å². The zero-order valence-corrected chi connectivity index (χ0v) is 15.6. The van der Waals surface area contributed by atoms with Crippen LogP contribution in [0.4, 0.5) is 10.5 Å². The third-order valence-corrected chi connectivity index (χ3v) is 3.97. The molecule has 27 heavy (non-hydrogen) atoms. The van der Waals surface area contributed by atoms with Crippen LogP contribution in [0.3, 0.4) is 0 Å². The van der Waals surface area contributed by atoms with Gasteiger partial charge >= 0.3 is 6.03 Å². The first kappa shape index (κ1) is 18.6. The molecule has 9 nitrogen and oxygen atoms in total. The normalized spacial score (nSPS) is 12.0. The summed E-state index contributed by atoms with van der Waals surface area (Å²) in [5.41, 5.74) is 1.37. The van der Waals surface area contributed by atoms with Gasteiger partial charge in [0.15, 0.2) is 5.82 Å². The van der Waals surface area contributed by atoms with Crippen LogP contribution in [-0.4, -0.2) is 30.9 Å². The number of carbonyl (C=O) groups excluding carboxylic acids is 1. The summed E-state index contributed by atoms with van der Waals surface area (Å²) in [5, 5.41) is 13.8. The summed E-state index contributed by atoms with van der Waals surface area (Å²) >= 11 is 0. The predicted molar refractivity (Wildman–Crippen MR) is 100.0 cm³/mol. The first-order chi connectivity index (χ1) is 13.1. The quantitative estimate of drug-likeness (QED) is 0.662. The maximum atomic E-state index is 12.4. The van der Waals surface area contributed by atoms with Crippen LogP contribution in [0.2, 0.25) is 0 Å². The second-order valence-corrected chi connectivity index (χ2v) is 6.11. The van der Waals surface area contributed by atoms with E-state index in [1.807, 2.05) is 26.0 Å². The van der Waals surface area contributed by atoms with Crippen LogP contribution < -0.4 is 10.6 Å². The lowest BCUT2D eigenvalue weighted by atomic mass is 10.2. The highest BCUT2D eigenvalue weighted by Crippen LogP contribution is 2.21. The van der Waals surface area contributed by atoms with Crippen molar-refractivity contribution in [1.82, 2.24) is 30.2 Å². The zero-order chi connectivity index (χ0) is 19.2. The molecule has 2 amide bonds. The minimum atomic E-state index is -0.328. The molecule has 0 aliphatic heterocycles. The molecule has 0 unspecified atom stereocenters. The van der Waals surface area contributed by atoms with E-state index in [1.165, 1.54) is 6.33 Å². The summed E-state index contributed by atoms with van der Waals surface area (Å²) in [7, 11) is 0. The van der Waals surface area contributed by atoms with Gasteiger partial charge in [0.2, 0.25) is 0 Å². The van der Waals surface area contributed by atoms with E-state index >= 15 is 0 Å². The van der Waals surface area contributed by atoms with Crippen molar-refractivity contribution >= 4 is 11.7 Å². The van der Waals surface area contributed by atoms with E-state index in [2.05, 4.69) is 37.8 Å². The topological polar surface area (TPSA) is 111 Å². The highest BCUT2D eigenvalue weighted by atomic mass is 16.5. The molecule has 2 N–H and O–H groups in total. The van der Waals surface area contributed by atoms with Crippen LogP contribution in [0.5, 0.6) is 0 Å². The minimum absolute atomic E-state index is 0.273. The number of hydrogen-bond donors (Lipinski definition) is 2. The fraction of sp³-hybridized carbons (Fsp3) is 0.389. The second-order valence-electron chi connectivity index (χ2n) is 6.11. The molecule has 0 bridgehead atoms. The van der Waals surface area contributed by atoms with Crippen molar-refractivity contribution in [2.45, 2.75) is 46.2 Å². The average Bonchev–Trinajstić information content (AvgIpc) is 3.31. The molecule has 0 saturated carbocycles. The standard InChI is InChI=1S/C18H23N7O2/c1-4-9-25-16(19-11-20-25)12(3)21-18(26)22-14-8-6-7-13(10-14)17-23-15(5-2)24-27-17/h6-8,10-12H,4-5,9H2,1-3H3,(H2,21,22,26)/t12-/m1/s1. The molecule has 0 aliphatic carbocycles. The van der Waals surface area contributed by atoms with Crippen molar-refractivity contribution in [2.24, 2.45) is 0 Å². The molecule has 2 aromatic heterocycles. The molecular formula is C18H23N7O2. The number of anilines is 1. The van der Waals surface area contributed by atoms with Crippen LogP contribution >= 0.6 is 0 Å². The van der Waals surface area contributed by atoms with E-state index in [0.717, 1.165) is 24.4 Å². The lowest BCUT2D eigenvalue weighted by Gasteiger charge is -2.15. The summed E-state index contributed by atoms with van der Waals surface area (Å²) in [5.74, 6) is 1.79. The Labute approximate surface area is 157 Å². The molecule has 1 atom stereocenters. The summed E-state index contributed by atoms with van der Waals surface area (Å²) in [4.78, 5) is 20.9. The van der Waals surface area contributed by atoms with Crippen LogP contribution in [0, 0.1) is 0 Å². The Morgan fingerprint density at radius 1 is 1.33 bits per heavy atom. The van der Waals surface area contributed by atoms with Gasteiger partial charge in [-0.2, -0.15) is 10.1 Å². The van der Waals surface area contributed by atoms with Gasteiger partial charge in [0.05, 0.1) is 6.04 Å². The molecule has 0 radical (unpaired) electrons. The summed E-state index contributed by atoms with van der Waals surface area (Å²) in [6.45, 7) is 6.65. The zero-order valence-electron chi connectivity index (χ0n) is 15.6. The van der Waals surface area contributed by atoms with Crippen LogP contribution in [0.1, 0.15) is 44.9 Å². The Morgan fingerprint density at radius 2 is 2.19 bits per heavy atom. The van der Waals surface area contributed by atoms with Crippen LogP contribution in [-0.2, 0) is 13.0 Å². The fourth-order valence-electron chi connectivity index (χ4n) is 2.67. The van der Waals surface area contributed by atoms with Gasteiger partial charge in [0, 0.05) is 24.2 Å². The van der Waals surface area contributed by atoms with Crippen LogP contribution in [0.25, 0.3) is 11.5 Å². The second kappa shape index (κ2) is 8.43. The molecule has 9 heteroatoms. The molecule has 0 spiro atoms. The van der Waals surface area contributed by atoms with Gasteiger partial charge in [-0.15, -0.1) is 0 Å². The van der Waals surface area contributed by atoms with E-state index in [0.29, 0.717) is 23.8 Å². The molecule has 0 fully saturated rings. The molecule has 0 saturated heterocycles. The van der Waals surface area contributed by atoms with Gasteiger partial charge < -0.3 is 15.2 Å². The number of urea groups is 1. The SMILES string of the molecule is CCCn1ncnc1[C@@H](C)NC(=O)Nc1cccc(-c2nc(CC)no2)c1. The summed E-state index contributed by atoms with van der Waals surface area (Å²) in [6, 6.07) is 6.66. The molecule has 1 aromatic carbocycles. The summed E-state index contributed by atoms with van der Waals surface area (Å²) < 4.78 is 7.04. The van der Waals surface area contributed by atoms with Crippen molar-refractivity contribution in [1.29, 1.82) is 0 Å². The van der Waals surface area contributed by atoms with Gasteiger partial charge in [-0.3, -0.25) is 0 Å². The van der Waals surface area contributed by atoms with Crippen molar-refractivity contribution < 1.29 is 9.32 Å². The van der Waals surface area contributed by atoms with Crippen molar-refractivity contribution in [3.8, 4) is 11.5 Å². The Hall–Kier alpha value is -3.23. The largest absolute Gasteiger partial charge is 0.334 e. The lowest BCUT2D eigenvalue weighted by Crippen LogP contribution is -2.32. The van der Waals surface area contributed by atoms with Crippen molar-refractivity contribution in [2.75, 3.05) is 5.32 Å². The first-order valence-corrected chi connectivity index (χ1v) is 8.99. The Morgan fingerprint density at radius 3 is 2.93 bits per heavy atom. The third kappa shape index (κ3) is 4.49. The third-order valence-electron chi connectivity index (χ3n) is 3.97. The number of aromatic nitrogens is 5. The van der Waals surface area contributed by atoms with E-state index < -0.39 is 0 Å². The molecular weight excluding hydrogens is 346 g/mol. The molecule has 0 aliphatic rings. The fourth-order valence-corrected chi connectivity index (χ4v) is 2.67. The smallest absolute Gasteiger partial charge is 0.319 e. The molecule has 3 rings (SSSR count). The Kier molecular flexibility index (Phi) is 5.80. The number of hydrogen-bond acceptors (Lipinski definition) is 6. The number of carbonyl (C=O) groups is 1. The average molecular weight is 369 g/mol. The number of amides is 2. The minimum Gasteiger partial charge on any atom is -0.334 e. The van der Waals surface area contributed by atoms with Gasteiger partial charge in [0.25, 0.3) is 5.89 Å². The molecule has 3 aromatic rings. The number of benzene rings is 1. The molecule has 142 valence electrons.